The van der Waals surface area contributed by atoms with Crippen molar-refractivity contribution < 1.29 is 15.0 Å². The highest BCUT2D eigenvalue weighted by Crippen LogP contribution is 2.04. The summed E-state index contributed by atoms with van der Waals surface area (Å²) in [6, 6.07) is 7.41. The molecular formula is C12H12O3. The summed E-state index contributed by atoms with van der Waals surface area (Å²) < 4.78 is 0. The molecule has 0 unspecified atom stereocenters. The van der Waals surface area contributed by atoms with Crippen molar-refractivity contribution in [2.75, 3.05) is 6.61 Å². The first kappa shape index (κ1) is 11.3. The fraction of sp³-hybridized carbons (Fsp3) is 0.250. The first-order chi connectivity index (χ1) is 7.22. The van der Waals surface area contributed by atoms with E-state index in [1.807, 2.05) is 24.3 Å². The van der Waals surface area contributed by atoms with Crippen molar-refractivity contribution in [3.63, 3.8) is 0 Å². The number of aliphatic hydroxyl groups excluding tert-OH is 1. The van der Waals surface area contributed by atoms with E-state index in [1.165, 1.54) is 0 Å². The second-order valence-electron chi connectivity index (χ2n) is 3.05. The molecule has 0 aliphatic carbocycles. The van der Waals surface area contributed by atoms with E-state index in [1.54, 1.807) is 0 Å². The second kappa shape index (κ2) is 5.84. The molecule has 2 N–H and O–H groups in total. The molecule has 0 radical (unpaired) electrons. The fourth-order valence-corrected chi connectivity index (χ4v) is 1.16. The third kappa shape index (κ3) is 4.30. The Morgan fingerprint density at radius 2 is 2.20 bits per heavy atom. The third-order valence-corrected chi connectivity index (χ3v) is 1.80. The number of aliphatic hydroxyl groups is 1. The monoisotopic (exact) mass is 204 g/mol. The number of hydrogen-bond donors (Lipinski definition) is 2. The van der Waals surface area contributed by atoms with Crippen molar-refractivity contribution in [3.8, 4) is 11.8 Å². The number of carboxylic acids is 1. The largest absolute Gasteiger partial charge is 0.481 e. The van der Waals surface area contributed by atoms with E-state index in [0.717, 1.165) is 11.1 Å². The van der Waals surface area contributed by atoms with Crippen molar-refractivity contribution in [3.05, 3.63) is 35.4 Å². The molecule has 0 spiro atoms. The quantitative estimate of drug-likeness (QED) is 0.723. The molecule has 78 valence electrons. The molecule has 0 bridgehead atoms. The summed E-state index contributed by atoms with van der Waals surface area (Å²) in [5.74, 6) is 4.40. The van der Waals surface area contributed by atoms with Gasteiger partial charge in [0.1, 0.15) is 6.42 Å². The van der Waals surface area contributed by atoms with Crippen LogP contribution in [0.2, 0.25) is 0 Å². The van der Waals surface area contributed by atoms with E-state index in [2.05, 4.69) is 11.8 Å². The minimum absolute atomic E-state index is 0.103. The smallest absolute Gasteiger partial charge is 0.315 e. The Kier molecular flexibility index (Phi) is 4.39. The van der Waals surface area contributed by atoms with Gasteiger partial charge in [-0.1, -0.05) is 24.0 Å². The van der Waals surface area contributed by atoms with E-state index < -0.39 is 5.97 Å². The molecule has 1 rings (SSSR count). The zero-order chi connectivity index (χ0) is 11.1. The predicted octanol–water partition coefficient (Wildman–Crippen LogP) is 1.05. The van der Waals surface area contributed by atoms with Gasteiger partial charge in [-0.3, -0.25) is 4.79 Å². The molecule has 0 aliphatic heterocycles. The molecule has 0 atom stereocenters. The Labute approximate surface area is 88.4 Å². The molecule has 3 nitrogen and oxygen atoms in total. The summed E-state index contributed by atoms with van der Waals surface area (Å²) in [6.07, 6.45) is 0.443. The van der Waals surface area contributed by atoms with Crippen LogP contribution in [0.25, 0.3) is 0 Å². The van der Waals surface area contributed by atoms with Gasteiger partial charge in [0, 0.05) is 12.2 Å². The molecule has 0 saturated heterocycles. The average Bonchev–Trinajstić information content (AvgIpc) is 2.18. The molecule has 0 aromatic heterocycles. The molecule has 3 heteroatoms. The summed E-state index contributed by atoms with van der Waals surface area (Å²) in [5.41, 5.74) is 1.78. The van der Waals surface area contributed by atoms with Crippen molar-refractivity contribution >= 4 is 5.97 Å². The lowest BCUT2D eigenvalue weighted by Gasteiger charge is -1.97. The Hall–Kier alpha value is -1.79. The highest BCUT2D eigenvalue weighted by molar-refractivity contribution is 5.70. The van der Waals surface area contributed by atoms with Crippen molar-refractivity contribution in [2.24, 2.45) is 0 Å². The van der Waals surface area contributed by atoms with Crippen LogP contribution < -0.4 is 0 Å². The van der Waals surface area contributed by atoms with Gasteiger partial charge in [-0.05, 0) is 24.1 Å². The summed E-state index contributed by atoms with van der Waals surface area (Å²) in [6.45, 7) is 0.103. The fourth-order valence-electron chi connectivity index (χ4n) is 1.16. The molecular weight excluding hydrogens is 192 g/mol. The Morgan fingerprint density at radius 1 is 1.40 bits per heavy atom. The van der Waals surface area contributed by atoms with Gasteiger partial charge in [-0.2, -0.15) is 0 Å². The molecule has 0 saturated carbocycles. The average molecular weight is 204 g/mol. The van der Waals surface area contributed by atoms with Crippen molar-refractivity contribution in [2.45, 2.75) is 12.8 Å². The second-order valence-corrected chi connectivity index (χ2v) is 3.05. The van der Waals surface area contributed by atoms with Crippen LogP contribution in [-0.2, 0) is 11.2 Å². The number of rotatable bonds is 3. The van der Waals surface area contributed by atoms with Gasteiger partial charge in [-0.15, -0.1) is 0 Å². The van der Waals surface area contributed by atoms with E-state index in [4.69, 9.17) is 10.2 Å². The minimum Gasteiger partial charge on any atom is -0.481 e. The van der Waals surface area contributed by atoms with Gasteiger partial charge in [-0.25, -0.2) is 0 Å². The number of aliphatic carboxylic acids is 1. The van der Waals surface area contributed by atoms with Crippen molar-refractivity contribution in [1.29, 1.82) is 0 Å². The van der Waals surface area contributed by atoms with E-state index in [-0.39, 0.29) is 13.0 Å². The Balaban J connectivity index is 2.71. The summed E-state index contributed by atoms with van der Waals surface area (Å²) in [7, 11) is 0. The van der Waals surface area contributed by atoms with E-state index >= 15 is 0 Å². The standard InChI is InChI=1S/C12H12O3/c13-8-7-11-4-1-3-10(9-11)5-2-6-12(14)15/h1,3-4,9,13H,6-8H2,(H,14,15). The number of carboxylic acid groups (broad SMARTS) is 1. The lowest BCUT2D eigenvalue weighted by Crippen LogP contribution is -1.91. The van der Waals surface area contributed by atoms with Crippen LogP contribution in [-0.4, -0.2) is 22.8 Å². The summed E-state index contributed by atoms with van der Waals surface area (Å²) in [4.78, 5) is 10.2. The van der Waals surface area contributed by atoms with Crippen LogP contribution in [0.3, 0.4) is 0 Å². The lowest BCUT2D eigenvalue weighted by molar-refractivity contribution is -0.135. The number of hydrogen-bond acceptors (Lipinski definition) is 2. The van der Waals surface area contributed by atoms with Gasteiger partial charge in [0.15, 0.2) is 0 Å². The molecule has 1 aromatic carbocycles. The molecule has 15 heavy (non-hydrogen) atoms. The topological polar surface area (TPSA) is 57.5 Å². The maximum atomic E-state index is 10.2. The lowest BCUT2D eigenvalue weighted by atomic mass is 10.1. The Morgan fingerprint density at radius 3 is 2.87 bits per heavy atom. The van der Waals surface area contributed by atoms with Crippen LogP contribution in [0.1, 0.15) is 17.5 Å². The molecule has 0 aliphatic rings. The van der Waals surface area contributed by atoms with Crippen LogP contribution in [0.5, 0.6) is 0 Å². The number of benzene rings is 1. The summed E-state index contributed by atoms with van der Waals surface area (Å²) >= 11 is 0. The van der Waals surface area contributed by atoms with Crippen LogP contribution >= 0.6 is 0 Å². The molecule has 0 heterocycles. The van der Waals surface area contributed by atoms with Gasteiger partial charge >= 0.3 is 5.97 Å². The Bertz CT molecular complexity index is 399. The molecule has 0 amide bonds. The normalized spacial score (nSPS) is 9.13. The first-order valence-electron chi connectivity index (χ1n) is 4.63. The molecule has 0 fully saturated rings. The van der Waals surface area contributed by atoms with Gasteiger partial charge in [0.2, 0.25) is 0 Å². The third-order valence-electron chi connectivity index (χ3n) is 1.80. The van der Waals surface area contributed by atoms with Gasteiger partial charge in [0.05, 0.1) is 0 Å². The summed E-state index contributed by atoms with van der Waals surface area (Å²) in [5, 5.41) is 17.1. The maximum Gasteiger partial charge on any atom is 0.315 e. The molecule has 1 aromatic rings. The predicted molar refractivity (Wildman–Crippen MR) is 56.4 cm³/mol. The highest BCUT2D eigenvalue weighted by Gasteiger charge is 1.93. The van der Waals surface area contributed by atoms with E-state index in [9.17, 15) is 4.79 Å². The van der Waals surface area contributed by atoms with Crippen LogP contribution in [0.15, 0.2) is 24.3 Å². The van der Waals surface area contributed by atoms with E-state index in [0.29, 0.717) is 6.42 Å². The van der Waals surface area contributed by atoms with Crippen molar-refractivity contribution in [1.82, 2.24) is 0 Å². The van der Waals surface area contributed by atoms with Crippen LogP contribution in [0.4, 0.5) is 0 Å². The van der Waals surface area contributed by atoms with Gasteiger partial charge in [0.25, 0.3) is 0 Å². The highest BCUT2D eigenvalue weighted by atomic mass is 16.4. The zero-order valence-electron chi connectivity index (χ0n) is 8.23. The van der Waals surface area contributed by atoms with Crippen LogP contribution in [0, 0.1) is 11.8 Å². The van der Waals surface area contributed by atoms with Gasteiger partial charge < -0.3 is 10.2 Å². The zero-order valence-corrected chi connectivity index (χ0v) is 8.23. The minimum atomic E-state index is -0.922. The number of carbonyl (C=O) groups is 1. The maximum absolute atomic E-state index is 10.2. The first-order valence-corrected chi connectivity index (χ1v) is 4.63. The SMILES string of the molecule is O=C(O)CC#Cc1cccc(CCO)c1.